The third-order valence-corrected chi connectivity index (χ3v) is 3.85. The van der Waals surface area contributed by atoms with Crippen LogP contribution in [0.15, 0.2) is 35.1 Å². The van der Waals surface area contributed by atoms with Crippen molar-refractivity contribution in [2.24, 2.45) is 0 Å². The quantitative estimate of drug-likeness (QED) is 0.885. The molecule has 1 amide bonds. The van der Waals surface area contributed by atoms with Crippen LogP contribution in [0.1, 0.15) is 32.9 Å². The lowest BCUT2D eigenvalue weighted by molar-refractivity contribution is -0.122. The number of halogens is 1. The molecule has 0 radical (unpaired) electrons. The molecule has 1 aromatic carbocycles. The van der Waals surface area contributed by atoms with Gasteiger partial charge in [-0.1, -0.05) is 13.8 Å². The van der Waals surface area contributed by atoms with Gasteiger partial charge in [0.2, 0.25) is 5.91 Å². The zero-order valence-electron chi connectivity index (χ0n) is 14.2. The Hall–Kier alpha value is -2.50. The van der Waals surface area contributed by atoms with Crippen molar-refractivity contribution in [2.45, 2.75) is 46.2 Å². The summed E-state index contributed by atoms with van der Waals surface area (Å²) < 4.78 is 14.5. The van der Waals surface area contributed by atoms with Gasteiger partial charge in [-0.2, -0.15) is 0 Å². The Bertz CT molecular complexity index is 769. The minimum atomic E-state index is -0.367. The molecule has 1 atom stereocenters. The van der Waals surface area contributed by atoms with E-state index in [1.54, 1.807) is 12.1 Å². The highest BCUT2D eigenvalue weighted by Gasteiger charge is 2.14. The van der Waals surface area contributed by atoms with E-state index in [2.05, 4.69) is 10.3 Å². The van der Waals surface area contributed by atoms with Crippen LogP contribution in [0.2, 0.25) is 0 Å². The van der Waals surface area contributed by atoms with Gasteiger partial charge in [-0.25, -0.2) is 9.37 Å². The molecule has 1 unspecified atom stereocenters. The number of aromatic nitrogens is 2. The second kappa shape index (κ2) is 7.86. The highest BCUT2D eigenvalue weighted by molar-refractivity contribution is 5.76. The van der Waals surface area contributed by atoms with Crippen molar-refractivity contribution in [3.05, 3.63) is 52.2 Å². The summed E-state index contributed by atoms with van der Waals surface area (Å²) in [5.41, 5.74) is 0.943. The van der Waals surface area contributed by atoms with E-state index < -0.39 is 0 Å². The first-order valence-electron chi connectivity index (χ1n) is 8.10. The van der Waals surface area contributed by atoms with E-state index >= 15 is 0 Å². The first kappa shape index (κ1) is 17.8. The van der Waals surface area contributed by atoms with E-state index in [0.717, 1.165) is 6.42 Å². The number of hydrogen-bond acceptors (Lipinski definition) is 3. The lowest BCUT2D eigenvalue weighted by Crippen LogP contribution is -2.37. The van der Waals surface area contributed by atoms with E-state index in [-0.39, 0.29) is 29.9 Å². The Morgan fingerprint density at radius 3 is 2.54 bits per heavy atom. The highest BCUT2D eigenvalue weighted by Crippen LogP contribution is 2.17. The zero-order valence-corrected chi connectivity index (χ0v) is 14.2. The number of hydrogen-bond donors (Lipinski definition) is 1. The molecule has 0 fully saturated rings. The predicted molar refractivity (Wildman–Crippen MR) is 91.2 cm³/mol. The van der Waals surface area contributed by atoms with Gasteiger partial charge in [-0.05, 0) is 44.0 Å². The monoisotopic (exact) mass is 331 g/mol. The lowest BCUT2D eigenvalue weighted by Gasteiger charge is -2.15. The van der Waals surface area contributed by atoms with Crippen LogP contribution in [-0.4, -0.2) is 21.5 Å². The van der Waals surface area contributed by atoms with E-state index in [4.69, 9.17) is 0 Å². The van der Waals surface area contributed by atoms with Crippen LogP contribution in [0.25, 0.3) is 11.4 Å². The van der Waals surface area contributed by atoms with Gasteiger partial charge in [-0.3, -0.25) is 14.2 Å². The topological polar surface area (TPSA) is 64.0 Å². The summed E-state index contributed by atoms with van der Waals surface area (Å²) in [5, 5.41) is 2.84. The third-order valence-electron chi connectivity index (χ3n) is 3.85. The number of benzene rings is 1. The summed E-state index contributed by atoms with van der Waals surface area (Å²) in [6, 6.07) is 7.20. The van der Waals surface area contributed by atoms with Crippen molar-refractivity contribution in [3.8, 4) is 11.4 Å². The van der Waals surface area contributed by atoms with Crippen molar-refractivity contribution in [1.29, 1.82) is 0 Å². The summed E-state index contributed by atoms with van der Waals surface area (Å²) in [6.45, 7) is 5.65. The molecule has 24 heavy (non-hydrogen) atoms. The molecule has 0 aliphatic carbocycles. The number of nitrogens with zero attached hydrogens (tertiary/aromatic N) is 2. The molecule has 2 aromatic rings. The molecule has 128 valence electrons. The van der Waals surface area contributed by atoms with Crippen LogP contribution >= 0.6 is 0 Å². The predicted octanol–water partition coefficient (Wildman–Crippen LogP) is 2.53. The number of carbonyl (C=O) groups is 1. The van der Waals surface area contributed by atoms with E-state index in [1.807, 2.05) is 20.8 Å². The highest BCUT2D eigenvalue weighted by atomic mass is 19.1. The summed E-state index contributed by atoms with van der Waals surface area (Å²) in [7, 11) is 0. The minimum absolute atomic E-state index is 0.0327. The van der Waals surface area contributed by atoms with Crippen LogP contribution in [0.4, 0.5) is 4.39 Å². The largest absolute Gasteiger partial charge is 0.352 e. The molecule has 5 nitrogen and oxygen atoms in total. The average molecular weight is 331 g/mol. The fourth-order valence-electron chi connectivity index (χ4n) is 2.27. The van der Waals surface area contributed by atoms with Gasteiger partial charge in [0.05, 0.1) is 0 Å². The normalized spacial score (nSPS) is 12.0. The van der Waals surface area contributed by atoms with E-state index in [1.165, 1.54) is 22.8 Å². The van der Waals surface area contributed by atoms with Gasteiger partial charge < -0.3 is 5.32 Å². The Kier molecular flexibility index (Phi) is 5.84. The summed E-state index contributed by atoms with van der Waals surface area (Å²) >= 11 is 0. The van der Waals surface area contributed by atoms with Gasteiger partial charge >= 0.3 is 0 Å². The molecule has 2 rings (SSSR count). The molecule has 0 bridgehead atoms. The lowest BCUT2D eigenvalue weighted by atomic mass is 10.2. The molecule has 0 aliphatic rings. The SMILES string of the molecule is CCc1cc(=O)n(CC(=O)NC(C)CC)c(-c2ccc(F)cc2)n1. The standard InChI is InChI=1S/C18H22FN3O2/c1-4-12(3)20-16(23)11-22-17(24)10-15(5-2)21-18(22)13-6-8-14(19)9-7-13/h6-10,12H,4-5,11H2,1-3H3,(H,20,23). The van der Waals surface area contributed by atoms with E-state index in [0.29, 0.717) is 23.5 Å². The van der Waals surface area contributed by atoms with Gasteiger partial charge in [-0.15, -0.1) is 0 Å². The molecule has 1 aromatic heterocycles. The molecular formula is C18H22FN3O2. The number of nitrogens with one attached hydrogen (secondary N) is 1. The van der Waals surface area contributed by atoms with Gasteiger partial charge in [0, 0.05) is 23.4 Å². The molecular weight excluding hydrogens is 309 g/mol. The first-order chi connectivity index (χ1) is 11.4. The van der Waals surface area contributed by atoms with Gasteiger partial charge in [0.1, 0.15) is 18.2 Å². The van der Waals surface area contributed by atoms with Crippen molar-refractivity contribution in [1.82, 2.24) is 14.9 Å². The maximum absolute atomic E-state index is 13.2. The molecule has 0 saturated heterocycles. The number of rotatable bonds is 6. The second-order valence-corrected chi connectivity index (χ2v) is 5.73. The fourth-order valence-corrected chi connectivity index (χ4v) is 2.27. The minimum Gasteiger partial charge on any atom is -0.352 e. The summed E-state index contributed by atoms with van der Waals surface area (Å²) in [5.74, 6) is -0.242. The first-order valence-corrected chi connectivity index (χ1v) is 8.10. The maximum Gasteiger partial charge on any atom is 0.254 e. The van der Waals surface area contributed by atoms with Crippen LogP contribution in [-0.2, 0) is 17.8 Å². The Morgan fingerprint density at radius 1 is 1.29 bits per heavy atom. The van der Waals surface area contributed by atoms with Crippen molar-refractivity contribution in [3.63, 3.8) is 0 Å². The molecule has 1 heterocycles. The van der Waals surface area contributed by atoms with E-state index in [9.17, 15) is 14.0 Å². The molecule has 1 N–H and O–H groups in total. The van der Waals surface area contributed by atoms with Gasteiger partial charge in [0.25, 0.3) is 5.56 Å². The molecule has 0 saturated carbocycles. The Balaban J connectivity index is 2.44. The van der Waals surface area contributed by atoms with Crippen LogP contribution in [0, 0.1) is 5.82 Å². The van der Waals surface area contributed by atoms with Crippen molar-refractivity contribution < 1.29 is 9.18 Å². The fraction of sp³-hybridized carbons (Fsp3) is 0.389. The zero-order chi connectivity index (χ0) is 17.7. The summed E-state index contributed by atoms with van der Waals surface area (Å²) in [6.07, 6.45) is 1.40. The summed E-state index contributed by atoms with van der Waals surface area (Å²) in [4.78, 5) is 29.1. The molecule has 0 spiro atoms. The van der Waals surface area contributed by atoms with Crippen molar-refractivity contribution in [2.75, 3.05) is 0 Å². The molecule has 0 aliphatic heterocycles. The molecule has 6 heteroatoms. The Labute approximate surface area is 140 Å². The maximum atomic E-state index is 13.2. The van der Waals surface area contributed by atoms with Gasteiger partial charge in [0.15, 0.2) is 0 Å². The third kappa shape index (κ3) is 4.28. The average Bonchev–Trinajstić information content (AvgIpc) is 2.57. The second-order valence-electron chi connectivity index (χ2n) is 5.73. The number of amides is 1. The number of aryl methyl sites for hydroxylation is 1. The van der Waals surface area contributed by atoms with Crippen LogP contribution in [0.3, 0.4) is 0 Å². The van der Waals surface area contributed by atoms with Crippen LogP contribution in [0.5, 0.6) is 0 Å². The smallest absolute Gasteiger partial charge is 0.254 e. The van der Waals surface area contributed by atoms with Crippen molar-refractivity contribution >= 4 is 5.91 Å². The Morgan fingerprint density at radius 2 is 1.96 bits per heavy atom. The van der Waals surface area contributed by atoms with Crippen LogP contribution < -0.4 is 10.9 Å². The number of carbonyl (C=O) groups excluding carboxylic acids is 1.